The van der Waals surface area contributed by atoms with Crippen molar-refractivity contribution in [1.82, 2.24) is 0 Å². The number of amides is 1. The average molecular weight is 644 g/mol. The van der Waals surface area contributed by atoms with E-state index in [1.54, 1.807) is 12.1 Å². The van der Waals surface area contributed by atoms with Crippen LogP contribution in [0.3, 0.4) is 0 Å². The minimum absolute atomic E-state index is 0.00937. The highest BCUT2D eigenvalue weighted by molar-refractivity contribution is 7.85. The third-order valence-corrected chi connectivity index (χ3v) is 8.42. The second-order valence-corrected chi connectivity index (χ2v) is 14.2. The molecule has 0 aliphatic heterocycles. The molecule has 0 bridgehead atoms. The highest BCUT2D eigenvalue weighted by Crippen LogP contribution is 2.30. The van der Waals surface area contributed by atoms with E-state index >= 15 is 0 Å². The van der Waals surface area contributed by atoms with E-state index < -0.39 is 21.8 Å². The second kappa shape index (κ2) is 14.8. The van der Waals surface area contributed by atoms with E-state index in [-0.39, 0.29) is 29.9 Å². The van der Waals surface area contributed by atoms with Gasteiger partial charge in [0.2, 0.25) is 5.91 Å². The van der Waals surface area contributed by atoms with Gasteiger partial charge in [0, 0.05) is 28.3 Å². The molecule has 0 radical (unpaired) electrons. The van der Waals surface area contributed by atoms with E-state index in [2.05, 4.69) is 38.2 Å². The molecule has 0 saturated carbocycles. The Bertz CT molecular complexity index is 1760. The van der Waals surface area contributed by atoms with Gasteiger partial charge in [0.15, 0.2) is 5.78 Å². The number of allylic oxidation sites excluding steroid dienone is 1. The largest absolute Gasteiger partial charge is 0.326 e. The molecule has 4 rings (SSSR count). The van der Waals surface area contributed by atoms with Crippen LogP contribution >= 0.6 is 11.6 Å². The van der Waals surface area contributed by atoms with Gasteiger partial charge in [0.1, 0.15) is 0 Å². The van der Waals surface area contributed by atoms with E-state index in [9.17, 15) is 18.0 Å². The van der Waals surface area contributed by atoms with Crippen LogP contribution in [0.2, 0.25) is 5.02 Å². The SMILES string of the molecule is CC(C)(C)/C=C/c1ccc(C(Cc2ccc(C(=O)CCCS(=O)(=O)O)cc2)C(=O)Nc2ccc(-c3ccccc3Cl)cc2)cc1. The van der Waals surface area contributed by atoms with Crippen LogP contribution in [0.15, 0.2) is 103 Å². The van der Waals surface area contributed by atoms with Gasteiger partial charge in [-0.25, -0.2) is 0 Å². The minimum Gasteiger partial charge on any atom is -0.326 e. The first kappa shape index (κ1) is 33.8. The van der Waals surface area contributed by atoms with E-state index in [1.165, 1.54) is 0 Å². The summed E-state index contributed by atoms with van der Waals surface area (Å²) in [5, 5.41) is 3.72. The van der Waals surface area contributed by atoms with Gasteiger partial charge in [0.05, 0.1) is 11.7 Å². The zero-order chi connectivity index (χ0) is 32.6. The molecule has 0 spiro atoms. The van der Waals surface area contributed by atoms with Crippen LogP contribution in [0.5, 0.6) is 0 Å². The Morgan fingerprint density at radius 3 is 2.13 bits per heavy atom. The average Bonchev–Trinajstić information content (AvgIpc) is 2.99. The third kappa shape index (κ3) is 10.5. The molecule has 4 aromatic rings. The first-order valence-corrected chi connectivity index (χ1v) is 16.8. The molecule has 6 nitrogen and oxygen atoms in total. The predicted molar refractivity (Wildman–Crippen MR) is 183 cm³/mol. The zero-order valence-electron chi connectivity index (χ0n) is 25.7. The Morgan fingerprint density at radius 2 is 1.53 bits per heavy atom. The van der Waals surface area contributed by atoms with Crippen molar-refractivity contribution >= 4 is 45.2 Å². The molecular formula is C37H38ClNO5S. The Morgan fingerprint density at radius 1 is 0.889 bits per heavy atom. The highest BCUT2D eigenvalue weighted by Gasteiger charge is 2.22. The summed E-state index contributed by atoms with van der Waals surface area (Å²) < 4.78 is 30.8. The summed E-state index contributed by atoms with van der Waals surface area (Å²) in [6, 6.07) is 30.1. The smallest absolute Gasteiger partial charge is 0.264 e. The van der Waals surface area contributed by atoms with Crippen molar-refractivity contribution in [2.24, 2.45) is 5.41 Å². The molecule has 45 heavy (non-hydrogen) atoms. The number of rotatable bonds is 12. The van der Waals surface area contributed by atoms with Crippen LogP contribution < -0.4 is 5.32 Å². The number of carbonyl (C=O) groups is 2. The van der Waals surface area contributed by atoms with Crippen LogP contribution in [-0.2, 0) is 21.3 Å². The van der Waals surface area contributed by atoms with Crippen molar-refractivity contribution in [1.29, 1.82) is 0 Å². The van der Waals surface area contributed by atoms with Crippen LogP contribution in [0.25, 0.3) is 17.2 Å². The Hall–Kier alpha value is -4.04. The lowest BCUT2D eigenvalue weighted by Gasteiger charge is -2.19. The molecule has 0 aliphatic rings. The molecule has 0 fully saturated rings. The Labute approximate surface area is 270 Å². The van der Waals surface area contributed by atoms with Gasteiger partial charge in [-0.3, -0.25) is 14.1 Å². The summed E-state index contributed by atoms with van der Waals surface area (Å²) in [5.41, 5.74) is 5.79. The number of nitrogens with one attached hydrogen (secondary N) is 1. The third-order valence-electron chi connectivity index (χ3n) is 7.29. The molecule has 1 unspecified atom stereocenters. The fourth-order valence-corrected chi connectivity index (χ4v) is 5.58. The molecule has 1 amide bonds. The molecule has 0 heterocycles. The van der Waals surface area contributed by atoms with Crippen LogP contribution in [0.4, 0.5) is 5.69 Å². The van der Waals surface area contributed by atoms with E-state index in [1.807, 2.05) is 84.9 Å². The first-order chi connectivity index (χ1) is 21.3. The second-order valence-electron chi connectivity index (χ2n) is 12.2. The molecule has 0 aromatic heterocycles. The summed E-state index contributed by atoms with van der Waals surface area (Å²) in [6.45, 7) is 6.41. The van der Waals surface area contributed by atoms with Crippen molar-refractivity contribution in [3.05, 3.63) is 130 Å². The quantitative estimate of drug-likeness (QED) is 0.119. The molecule has 4 aromatic carbocycles. The van der Waals surface area contributed by atoms with Gasteiger partial charge in [-0.1, -0.05) is 123 Å². The number of hydrogen-bond donors (Lipinski definition) is 2. The molecular weight excluding hydrogens is 606 g/mol. The zero-order valence-corrected chi connectivity index (χ0v) is 27.2. The number of carbonyl (C=O) groups excluding carboxylic acids is 2. The number of benzene rings is 4. The fraction of sp³-hybridized carbons (Fsp3) is 0.243. The van der Waals surface area contributed by atoms with Crippen LogP contribution in [-0.4, -0.2) is 30.4 Å². The molecule has 2 N–H and O–H groups in total. The lowest BCUT2D eigenvalue weighted by molar-refractivity contribution is -0.117. The fourth-order valence-electron chi connectivity index (χ4n) is 4.83. The maximum atomic E-state index is 13.8. The van der Waals surface area contributed by atoms with Gasteiger partial charge in [-0.15, -0.1) is 0 Å². The van der Waals surface area contributed by atoms with Gasteiger partial charge >= 0.3 is 0 Å². The monoisotopic (exact) mass is 643 g/mol. The van der Waals surface area contributed by atoms with Crippen molar-refractivity contribution in [2.75, 3.05) is 11.1 Å². The standard InChI is InChI=1S/C37H38ClNO5S/c1-37(2,3)23-22-26-10-14-29(15-11-26)33(25-27-12-16-30(17-13-27)35(40)9-6-24-45(42,43)44)36(41)39-31-20-18-28(19-21-31)32-7-4-5-8-34(32)38/h4-5,7-8,10-23,33H,6,9,24-25H2,1-3H3,(H,39,41)(H,42,43,44)/b23-22+. The highest BCUT2D eigenvalue weighted by atomic mass is 35.5. The first-order valence-electron chi connectivity index (χ1n) is 14.8. The Kier molecular flexibility index (Phi) is 11.2. The number of Topliss-reactive ketones (excluding diaryl/α,β-unsaturated/α-hetero) is 1. The maximum Gasteiger partial charge on any atom is 0.264 e. The van der Waals surface area contributed by atoms with E-state index in [4.69, 9.17) is 16.2 Å². The van der Waals surface area contributed by atoms with E-state index in [0.717, 1.165) is 27.8 Å². The lowest BCUT2D eigenvalue weighted by atomic mass is 9.89. The van der Waals surface area contributed by atoms with E-state index in [0.29, 0.717) is 22.7 Å². The van der Waals surface area contributed by atoms with Gasteiger partial charge in [-0.2, -0.15) is 8.42 Å². The summed E-state index contributed by atoms with van der Waals surface area (Å²) in [5.74, 6) is -1.34. The normalized spacial score (nSPS) is 12.6. The van der Waals surface area contributed by atoms with Crippen molar-refractivity contribution in [2.45, 2.75) is 46.0 Å². The van der Waals surface area contributed by atoms with Gasteiger partial charge in [-0.05, 0) is 58.7 Å². The number of hydrogen-bond acceptors (Lipinski definition) is 4. The molecule has 0 aliphatic carbocycles. The van der Waals surface area contributed by atoms with Crippen molar-refractivity contribution in [3.63, 3.8) is 0 Å². The van der Waals surface area contributed by atoms with Crippen molar-refractivity contribution in [3.8, 4) is 11.1 Å². The predicted octanol–water partition coefficient (Wildman–Crippen LogP) is 8.88. The van der Waals surface area contributed by atoms with Gasteiger partial charge < -0.3 is 5.32 Å². The summed E-state index contributed by atoms with van der Waals surface area (Å²) in [7, 11) is -4.11. The molecule has 234 valence electrons. The summed E-state index contributed by atoms with van der Waals surface area (Å²) in [6.07, 6.45) is 4.67. The topological polar surface area (TPSA) is 101 Å². The minimum atomic E-state index is -4.11. The lowest BCUT2D eigenvalue weighted by Crippen LogP contribution is -2.23. The Balaban J connectivity index is 1.53. The molecule has 0 saturated heterocycles. The van der Waals surface area contributed by atoms with Crippen LogP contribution in [0, 0.1) is 5.41 Å². The molecule has 8 heteroatoms. The summed E-state index contributed by atoms with van der Waals surface area (Å²) >= 11 is 6.36. The van der Waals surface area contributed by atoms with Crippen molar-refractivity contribution < 1.29 is 22.6 Å². The summed E-state index contributed by atoms with van der Waals surface area (Å²) in [4.78, 5) is 26.3. The molecule has 1 atom stereocenters. The number of ketones is 1. The number of anilines is 1. The maximum absolute atomic E-state index is 13.8. The van der Waals surface area contributed by atoms with Crippen LogP contribution in [0.1, 0.15) is 66.6 Å². The number of halogens is 1. The van der Waals surface area contributed by atoms with Gasteiger partial charge in [0.25, 0.3) is 10.1 Å².